The molecule has 0 saturated heterocycles. The van der Waals surface area contributed by atoms with Gasteiger partial charge in [-0.1, -0.05) is 23.2 Å². The standard InChI is InChI=1S/C7H3Cl2NO2/c8-4-1-2-5(6(9)3-4)7(11)12-10/h1-3H. The summed E-state index contributed by atoms with van der Waals surface area (Å²) < 4.78 is 0. The van der Waals surface area contributed by atoms with Crippen molar-refractivity contribution in [1.29, 1.82) is 0 Å². The molecule has 0 aromatic heterocycles. The van der Waals surface area contributed by atoms with E-state index in [1.807, 2.05) is 0 Å². The van der Waals surface area contributed by atoms with Gasteiger partial charge < -0.3 is 4.84 Å². The molecule has 0 bridgehead atoms. The fourth-order valence-corrected chi connectivity index (χ4v) is 1.19. The summed E-state index contributed by atoms with van der Waals surface area (Å²) in [6.07, 6.45) is 0. The van der Waals surface area contributed by atoms with Gasteiger partial charge in [-0.05, 0) is 18.2 Å². The maximum absolute atomic E-state index is 10.7. The van der Waals surface area contributed by atoms with Crippen molar-refractivity contribution in [2.75, 3.05) is 0 Å². The van der Waals surface area contributed by atoms with Gasteiger partial charge in [0.1, 0.15) is 5.90 Å². The molecule has 0 aliphatic heterocycles. The predicted molar refractivity (Wildman–Crippen MR) is 44.0 cm³/mol. The first-order valence-electron chi connectivity index (χ1n) is 2.96. The number of carbonyl (C=O) groups is 1. The zero-order valence-corrected chi connectivity index (χ0v) is 7.26. The molecule has 0 aliphatic rings. The van der Waals surface area contributed by atoms with E-state index in [1.165, 1.54) is 18.2 Å². The van der Waals surface area contributed by atoms with Crippen molar-refractivity contribution in [3.05, 3.63) is 33.8 Å². The Morgan fingerprint density at radius 1 is 1.42 bits per heavy atom. The van der Waals surface area contributed by atoms with E-state index in [0.717, 1.165) is 0 Å². The summed E-state index contributed by atoms with van der Waals surface area (Å²) >= 11 is 11.2. The number of nitrogens with zero attached hydrogens (tertiary/aromatic N) is 1. The number of benzene rings is 1. The van der Waals surface area contributed by atoms with E-state index >= 15 is 0 Å². The molecule has 0 spiro atoms. The van der Waals surface area contributed by atoms with E-state index in [9.17, 15) is 4.79 Å². The highest BCUT2D eigenvalue weighted by molar-refractivity contribution is 6.36. The Balaban J connectivity index is 3.09. The summed E-state index contributed by atoms with van der Waals surface area (Å²) in [5, 5.41) is 0.552. The van der Waals surface area contributed by atoms with E-state index in [2.05, 4.69) is 4.84 Å². The third-order valence-corrected chi connectivity index (χ3v) is 1.78. The van der Waals surface area contributed by atoms with Crippen molar-refractivity contribution in [3.8, 4) is 0 Å². The molecule has 0 amide bonds. The molecule has 3 nitrogen and oxygen atoms in total. The molecule has 0 unspecified atom stereocenters. The van der Waals surface area contributed by atoms with Gasteiger partial charge >= 0.3 is 5.97 Å². The van der Waals surface area contributed by atoms with Crippen LogP contribution in [0.3, 0.4) is 0 Å². The van der Waals surface area contributed by atoms with Gasteiger partial charge in [-0.15, -0.1) is 0 Å². The molecule has 12 heavy (non-hydrogen) atoms. The topological polar surface area (TPSA) is 48.6 Å². The van der Waals surface area contributed by atoms with Crippen molar-refractivity contribution < 1.29 is 9.63 Å². The molecule has 0 atom stereocenters. The summed E-state index contributed by atoms with van der Waals surface area (Å²) in [6.45, 7) is 0. The van der Waals surface area contributed by atoms with Crippen molar-refractivity contribution >= 4 is 29.2 Å². The second-order valence-electron chi connectivity index (χ2n) is 2.00. The summed E-state index contributed by atoms with van der Waals surface area (Å²) in [7, 11) is 0. The quantitative estimate of drug-likeness (QED) is 0.657. The largest absolute Gasteiger partial charge is 0.361 e. The van der Waals surface area contributed by atoms with Crippen LogP contribution in [0.5, 0.6) is 0 Å². The highest BCUT2D eigenvalue weighted by Crippen LogP contribution is 2.21. The highest BCUT2D eigenvalue weighted by Gasteiger charge is 2.11. The number of carbonyl (C=O) groups excluding carboxylic acids is 1. The molecule has 2 radical (unpaired) electrons. The average molecular weight is 204 g/mol. The fraction of sp³-hybridized carbons (Fsp3) is 0. The maximum Gasteiger partial charge on any atom is 0.361 e. The van der Waals surface area contributed by atoms with Gasteiger partial charge in [0.25, 0.3) is 0 Å². The van der Waals surface area contributed by atoms with Crippen molar-refractivity contribution in [2.24, 2.45) is 0 Å². The van der Waals surface area contributed by atoms with Gasteiger partial charge in [-0.2, -0.15) is 0 Å². The third-order valence-electron chi connectivity index (χ3n) is 1.23. The monoisotopic (exact) mass is 203 g/mol. The van der Waals surface area contributed by atoms with Crippen LogP contribution in [0.1, 0.15) is 10.4 Å². The van der Waals surface area contributed by atoms with Crippen molar-refractivity contribution in [1.82, 2.24) is 5.90 Å². The highest BCUT2D eigenvalue weighted by atomic mass is 35.5. The summed E-state index contributed by atoms with van der Waals surface area (Å²) in [5.74, 6) is 7.13. The summed E-state index contributed by atoms with van der Waals surface area (Å²) in [5.41, 5.74) is 0.0727. The molecule has 1 aromatic rings. The van der Waals surface area contributed by atoms with E-state index in [-0.39, 0.29) is 10.6 Å². The third kappa shape index (κ3) is 1.88. The van der Waals surface area contributed by atoms with Crippen molar-refractivity contribution in [3.63, 3.8) is 0 Å². The van der Waals surface area contributed by atoms with Gasteiger partial charge in [0.2, 0.25) is 0 Å². The minimum absolute atomic E-state index is 0.0727. The average Bonchev–Trinajstić information content (AvgIpc) is 2.03. The van der Waals surface area contributed by atoms with Crippen LogP contribution in [0.2, 0.25) is 10.0 Å². The molecular weight excluding hydrogens is 201 g/mol. The number of rotatable bonds is 1. The Morgan fingerprint density at radius 3 is 2.58 bits per heavy atom. The lowest BCUT2D eigenvalue weighted by Crippen LogP contribution is -2.03. The lowest BCUT2D eigenvalue weighted by molar-refractivity contribution is 0.0464. The van der Waals surface area contributed by atoms with Crippen LogP contribution >= 0.6 is 23.2 Å². The maximum atomic E-state index is 10.7. The van der Waals surface area contributed by atoms with Crippen LogP contribution in [-0.4, -0.2) is 5.97 Å². The molecule has 0 N–H and O–H groups in total. The first-order chi connectivity index (χ1) is 5.65. The van der Waals surface area contributed by atoms with Crippen LogP contribution < -0.4 is 5.90 Å². The van der Waals surface area contributed by atoms with Crippen molar-refractivity contribution in [2.45, 2.75) is 0 Å². The van der Waals surface area contributed by atoms with Crippen LogP contribution in [0.15, 0.2) is 18.2 Å². The molecule has 0 fully saturated rings. The molecule has 0 saturated carbocycles. The molecule has 62 valence electrons. The number of hydrogen-bond donors (Lipinski definition) is 0. The van der Waals surface area contributed by atoms with E-state index in [1.54, 1.807) is 0 Å². The number of hydrogen-bond acceptors (Lipinski definition) is 2. The van der Waals surface area contributed by atoms with Crippen LogP contribution in [0, 0.1) is 0 Å². The number of halogens is 2. The second kappa shape index (κ2) is 3.76. The Bertz CT molecular complexity index is 314. The molecule has 1 rings (SSSR count). The van der Waals surface area contributed by atoms with Gasteiger partial charge in [0.15, 0.2) is 0 Å². The predicted octanol–water partition coefficient (Wildman–Crippen LogP) is 2.13. The summed E-state index contributed by atoms with van der Waals surface area (Å²) in [6, 6.07) is 4.22. The van der Waals surface area contributed by atoms with Gasteiger partial charge in [-0.25, -0.2) is 4.79 Å². The zero-order valence-electron chi connectivity index (χ0n) is 5.75. The molecular formula is C7H3Cl2NO2. The Labute approximate surface area is 79.0 Å². The minimum atomic E-state index is -0.906. The normalized spacial score (nSPS) is 9.58. The second-order valence-corrected chi connectivity index (χ2v) is 2.85. The Hall–Kier alpha value is -0.770. The SMILES string of the molecule is [N]OC(=O)c1ccc(Cl)cc1Cl. The van der Waals surface area contributed by atoms with E-state index in [4.69, 9.17) is 29.1 Å². The van der Waals surface area contributed by atoms with E-state index < -0.39 is 5.97 Å². The molecule has 1 aromatic carbocycles. The van der Waals surface area contributed by atoms with Gasteiger partial charge in [0.05, 0.1) is 10.6 Å². The summed E-state index contributed by atoms with van der Waals surface area (Å²) in [4.78, 5) is 14.2. The van der Waals surface area contributed by atoms with Crippen LogP contribution in [0.4, 0.5) is 0 Å². The Morgan fingerprint density at radius 2 is 2.08 bits per heavy atom. The molecule has 5 heteroatoms. The first kappa shape index (κ1) is 9.32. The smallest absolute Gasteiger partial charge is 0.324 e. The lowest BCUT2D eigenvalue weighted by atomic mass is 10.2. The van der Waals surface area contributed by atoms with Gasteiger partial charge in [-0.3, -0.25) is 0 Å². The fourth-order valence-electron chi connectivity index (χ4n) is 0.704. The van der Waals surface area contributed by atoms with Crippen LogP contribution in [0.25, 0.3) is 0 Å². The van der Waals surface area contributed by atoms with Gasteiger partial charge in [0, 0.05) is 5.02 Å². The zero-order chi connectivity index (χ0) is 9.14. The minimum Gasteiger partial charge on any atom is -0.324 e. The first-order valence-corrected chi connectivity index (χ1v) is 3.71. The van der Waals surface area contributed by atoms with E-state index in [0.29, 0.717) is 5.02 Å². The Kier molecular flexibility index (Phi) is 2.92. The molecule has 0 heterocycles. The molecule has 0 aliphatic carbocycles. The lowest BCUT2D eigenvalue weighted by Gasteiger charge is -1.98. The van der Waals surface area contributed by atoms with Crippen LogP contribution in [-0.2, 0) is 4.84 Å².